The molecule has 0 radical (unpaired) electrons. The number of aromatic nitrogens is 5. The van der Waals surface area contributed by atoms with E-state index in [1.165, 1.54) is 39.2 Å². The number of hydrogen-bond donors (Lipinski definition) is 1. The zero-order valence-corrected chi connectivity index (χ0v) is 20.6. The number of aryl methyl sites for hydroxylation is 2. The normalized spacial score (nSPS) is 10.7. The summed E-state index contributed by atoms with van der Waals surface area (Å²) in [7, 11) is 8.82. The number of amides is 2. The van der Waals surface area contributed by atoms with Crippen LogP contribution in [0.15, 0.2) is 43.4 Å². The first-order valence-electron chi connectivity index (χ1n) is 10.5. The molecule has 0 spiro atoms. The molecule has 0 unspecified atom stereocenters. The van der Waals surface area contributed by atoms with E-state index in [1.807, 2.05) is 0 Å². The van der Waals surface area contributed by atoms with Crippen molar-refractivity contribution in [3.8, 4) is 11.1 Å². The highest BCUT2D eigenvalue weighted by Crippen LogP contribution is 2.32. The van der Waals surface area contributed by atoms with Crippen LogP contribution in [0.2, 0.25) is 0 Å². The second-order valence-electron chi connectivity index (χ2n) is 8.27. The van der Waals surface area contributed by atoms with Gasteiger partial charge in [-0.15, -0.1) is 0 Å². The summed E-state index contributed by atoms with van der Waals surface area (Å²) in [6, 6.07) is 6.23. The molecule has 4 aromatic rings. The lowest BCUT2D eigenvalue weighted by Crippen LogP contribution is -2.40. The summed E-state index contributed by atoms with van der Waals surface area (Å²) < 4.78 is 4.07. The third kappa shape index (κ3) is 4.00. The van der Waals surface area contributed by atoms with Gasteiger partial charge in [-0.3, -0.25) is 37.4 Å². The minimum atomic E-state index is -0.767. The van der Waals surface area contributed by atoms with Gasteiger partial charge in [0.25, 0.3) is 11.1 Å². The summed E-state index contributed by atoms with van der Waals surface area (Å²) in [5.74, 6) is -0.767. The van der Waals surface area contributed by atoms with Crippen molar-refractivity contribution in [1.82, 2.24) is 28.2 Å². The van der Waals surface area contributed by atoms with Crippen LogP contribution >= 0.6 is 0 Å². The lowest BCUT2D eigenvalue weighted by Gasteiger charge is -2.16. The van der Waals surface area contributed by atoms with Gasteiger partial charge in [-0.05, 0) is 11.6 Å². The first-order valence-corrected chi connectivity index (χ1v) is 10.5. The molecule has 2 N–H and O–H groups in total. The molecule has 13 nitrogen and oxygen atoms in total. The number of nitrogens with zero attached hydrogens (tertiary/aromatic N) is 6. The van der Waals surface area contributed by atoms with E-state index in [-0.39, 0.29) is 38.8 Å². The van der Waals surface area contributed by atoms with Gasteiger partial charge in [-0.2, -0.15) is 0 Å². The lowest BCUT2D eigenvalue weighted by atomic mass is 9.95. The van der Waals surface area contributed by atoms with Crippen LogP contribution in [-0.2, 0) is 33.0 Å². The van der Waals surface area contributed by atoms with Crippen LogP contribution in [0.5, 0.6) is 0 Å². The summed E-state index contributed by atoms with van der Waals surface area (Å²) in [6.45, 7) is 0. The topological polar surface area (TPSA) is 164 Å². The molecule has 188 valence electrons. The van der Waals surface area contributed by atoms with Gasteiger partial charge in [-0.1, -0.05) is 18.2 Å². The lowest BCUT2D eigenvalue weighted by molar-refractivity contribution is -0.115. The SMILES string of the molecule is CN(C)C=O.Cn1c(=O)c2c(-c3ccccc3C(N)=O)c3c(=O)n(C)c(=O)n(C)c3nc2n(C)c1=O. The second-order valence-corrected chi connectivity index (χ2v) is 8.27. The van der Waals surface area contributed by atoms with Crippen LogP contribution in [0.1, 0.15) is 10.4 Å². The molecule has 0 aliphatic rings. The number of rotatable bonds is 3. The molecule has 1 aromatic carbocycles. The molecule has 0 saturated carbocycles. The Hall–Kier alpha value is -4.81. The van der Waals surface area contributed by atoms with Crippen LogP contribution in [-0.4, -0.2) is 54.6 Å². The van der Waals surface area contributed by atoms with Gasteiger partial charge in [-0.25, -0.2) is 14.6 Å². The monoisotopic (exact) mass is 495 g/mol. The number of carbonyl (C=O) groups excluding carboxylic acids is 2. The molecule has 2 amide bonds. The summed E-state index contributed by atoms with van der Waals surface area (Å²) in [5, 5.41) is -0.0805. The van der Waals surface area contributed by atoms with Gasteiger partial charge in [0.15, 0.2) is 11.3 Å². The minimum absolute atomic E-state index is 0.0295. The molecule has 0 saturated heterocycles. The Labute approximate surface area is 203 Å². The summed E-state index contributed by atoms with van der Waals surface area (Å²) in [6.07, 6.45) is 0.750. The van der Waals surface area contributed by atoms with E-state index in [1.54, 1.807) is 32.3 Å². The summed E-state index contributed by atoms with van der Waals surface area (Å²) in [4.78, 5) is 78.8. The van der Waals surface area contributed by atoms with Crippen molar-refractivity contribution in [1.29, 1.82) is 0 Å². The zero-order chi connectivity index (χ0) is 27.1. The number of nitrogens with two attached hydrogens (primary N) is 1. The molecular weight excluding hydrogens is 470 g/mol. The fourth-order valence-electron chi connectivity index (χ4n) is 3.78. The molecule has 0 atom stereocenters. The highest BCUT2D eigenvalue weighted by molar-refractivity contribution is 6.12. The Morgan fingerprint density at radius 1 is 0.833 bits per heavy atom. The molecule has 0 bridgehead atoms. The van der Waals surface area contributed by atoms with Crippen molar-refractivity contribution in [2.75, 3.05) is 14.1 Å². The number of pyridine rings is 1. The van der Waals surface area contributed by atoms with E-state index in [2.05, 4.69) is 4.98 Å². The fourth-order valence-corrected chi connectivity index (χ4v) is 3.78. The van der Waals surface area contributed by atoms with E-state index in [0.717, 1.165) is 24.7 Å². The second kappa shape index (κ2) is 9.44. The van der Waals surface area contributed by atoms with Crippen LogP contribution in [0.4, 0.5) is 0 Å². The molecule has 0 aliphatic carbocycles. The molecule has 3 aromatic heterocycles. The average Bonchev–Trinajstić information content (AvgIpc) is 2.87. The molecule has 0 fully saturated rings. The summed E-state index contributed by atoms with van der Waals surface area (Å²) >= 11 is 0. The van der Waals surface area contributed by atoms with Crippen molar-refractivity contribution in [3.63, 3.8) is 0 Å². The Morgan fingerprint density at radius 3 is 1.64 bits per heavy atom. The van der Waals surface area contributed by atoms with Crippen LogP contribution in [0, 0.1) is 0 Å². The van der Waals surface area contributed by atoms with E-state index < -0.39 is 28.4 Å². The highest BCUT2D eigenvalue weighted by atomic mass is 16.2. The molecule has 3 heterocycles. The van der Waals surface area contributed by atoms with Gasteiger partial charge in [0.2, 0.25) is 12.3 Å². The first kappa shape index (κ1) is 25.8. The summed E-state index contributed by atoms with van der Waals surface area (Å²) in [5.41, 5.74) is 3.21. The largest absolute Gasteiger partial charge is 0.366 e. The number of benzene rings is 1. The third-order valence-corrected chi connectivity index (χ3v) is 5.65. The van der Waals surface area contributed by atoms with E-state index in [4.69, 9.17) is 5.73 Å². The van der Waals surface area contributed by atoms with Gasteiger partial charge < -0.3 is 10.6 Å². The van der Waals surface area contributed by atoms with Gasteiger partial charge in [0.05, 0.1) is 10.8 Å². The van der Waals surface area contributed by atoms with Gasteiger partial charge in [0.1, 0.15) is 0 Å². The minimum Gasteiger partial charge on any atom is -0.366 e. The molecule has 4 rings (SSSR count). The third-order valence-electron chi connectivity index (χ3n) is 5.65. The van der Waals surface area contributed by atoms with Crippen molar-refractivity contribution in [3.05, 3.63) is 71.5 Å². The number of fused-ring (bicyclic) bond motifs is 2. The van der Waals surface area contributed by atoms with E-state index in [0.29, 0.717) is 0 Å². The zero-order valence-electron chi connectivity index (χ0n) is 20.6. The van der Waals surface area contributed by atoms with Crippen LogP contribution < -0.4 is 28.2 Å². The van der Waals surface area contributed by atoms with Gasteiger partial charge >= 0.3 is 11.4 Å². The molecule has 36 heavy (non-hydrogen) atoms. The Kier molecular flexibility index (Phi) is 6.77. The molecule has 0 aliphatic heterocycles. The Morgan fingerprint density at radius 2 is 1.25 bits per heavy atom. The number of carbonyl (C=O) groups is 2. The van der Waals surface area contributed by atoms with Crippen molar-refractivity contribution >= 4 is 34.4 Å². The van der Waals surface area contributed by atoms with Crippen molar-refractivity contribution < 1.29 is 9.59 Å². The smallest absolute Gasteiger partial charge is 0.332 e. The number of primary amides is 1. The maximum atomic E-state index is 13.2. The molecule has 13 heteroatoms. The van der Waals surface area contributed by atoms with Crippen LogP contribution in [0.25, 0.3) is 33.2 Å². The standard InChI is InChI=1S/C20H18N6O5.C3H7NO/c1-23-15-12(17(28)25(3)19(23)30)11(9-7-5-6-8-10(9)14(21)27)13-16(22-15)24(2)20(31)26(4)18(13)29;1-4(2)3-5/h5-8H,1-4H3,(H2,21,27);3H,1-2H3. The quantitative estimate of drug-likeness (QED) is 0.271. The highest BCUT2D eigenvalue weighted by Gasteiger charge is 2.25. The van der Waals surface area contributed by atoms with Gasteiger partial charge in [0, 0.05) is 53.4 Å². The predicted molar refractivity (Wildman–Crippen MR) is 134 cm³/mol. The fraction of sp³-hybridized carbons (Fsp3) is 0.261. The number of hydrogen-bond acceptors (Lipinski definition) is 7. The van der Waals surface area contributed by atoms with Crippen molar-refractivity contribution in [2.45, 2.75) is 0 Å². The molecular formula is C23H25N7O6. The average molecular weight is 495 g/mol. The Bertz CT molecular complexity index is 1700. The predicted octanol–water partition coefficient (Wildman–Crippen LogP) is -1.35. The van der Waals surface area contributed by atoms with E-state index >= 15 is 0 Å². The maximum absolute atomic E-state index is 13.2. The maximum Gasteiger partial charge on any atom is 0.332 e. The van der Waals surface area contributed by atoms with E-state index in [9.17, 15) is 28.8 Å². The van der Waals surface area contributed by atoms with Crippen molar-refractivity contribution in [2.24, 2.45) is 33.9 Å². The Balaban J connectivity index is 0.000000658. The first-order chi connectivity index (χ1) is 16.8. The van der Waals surface area contributed by atoms with Crippen LogP contribution in [0.3, 0.4) is 0 Å².